The van der Waals surface area contributed by atoms with Gasteiger partial charge in [0.05, 0.1) is 11.3 Å². The molecule has 0 atom stereocenters. The van der Waals surface area contributed by atoms with Crippen LogP contribution in [0.25, 0.3) is 10.9 Å². The fourth-order valence-corrected chi connectivity index (χ4v) is 3.52. The summed E-state index contributed by atoms with van der Waals surface area (Å²) in [5.74, 6) is 0.999. The van der Waals surface area contributed by atoms with Crippen LogP contribution in [-0.2, 0) is 0 Å². The molecule has 1 aliphatic heterocycles. The quantitative estimate of drug-likeness (QED) is 0.635. The zero-order valence-corrected chi connectivity index (χ0v) is 15.4. The Morgan fingerprint density at radius 2 is 1.81 bits per heavy atom. The number of hydrogen-bond donors (Lipinski definition) is 2. The molecule has 27 heavy (non-hydrogen) atoms. The predicted molar refractivity (Wildman–Crippen MR) is 109 cm³/mol. The number of aromatic amines is 1. The van der Waals surface area contributed by atoms with E-state index in [1.54, 1.807) is 6.21 Å². The molecule has 0 amide bonds. The van der Waals surface area contributed by atoms with Crippen LogP contribution in [-0.4, -0.2) is 47.4 Å². The third-order valence-corrected chi connectivity index (χ3v) is 5.03. The Morgan fingerprint density at radius 3 is 2.63 bits per heavy atom. The molecular weight excluding hydrogens is 338 g/mol. The number of hydrogen-bond acceptors (Lipinski definition) is 4. The molecule has 140 valence electrons. The van der Waals surface area contributed by atoms with E-state index < -0.39 is 0 Å². The van der Waals surface area contributed by atoms with E-state index in [0.717, 1.165) is 28.9 Å². The number of aliphatic imine (C=N–C) groups is 1. The van der Waals surface area contributed by atoms with Crippen LogP contribution in [0.1, 0.15) is 24.8 Å². The highest BCUT2D eigenvalue weighted by atomic mass is 16.5. The third kappa shape index (κ3) is 4.31. The van der Waals surface area contributed by atoms with E-state index in [4.69, 9.17) is 4.74 Å². The van der Waals surface area contributed by atoms with Crippen LogP contribution in [0.5, 0.6) is 11.6 Å². The SMILES string of the molecule is Oc1[nH]c2ccccc2c1C=Nc1ccc(OCCN2CCCCC2)cc1. The van der Waals surface area contributed by atoms with Gasteiger partial charge in [-0.05, 0) is 56.3 Å². The number of benzene rings is 2. The van der Waals surface area contributed by atoms with Gasteiger partial charge in [0.25, 0.3) is 0 Å². The Hall–Kier alpha value is -2.79. The largest absolute Gasteiger partial charge is 0.494 e. The van der Waals surface area contributed by atoms with Gasteiger partial charge in [-0.1, -0.05) is 24.6 Å². The number of ether oxygens (including phenoxy) is 1. The summed E-state index contributed by atoms with van der Waals surface area (Å²) in [6.07, 6.45) is 5.66. The van der Waals surface area contributed by atoms with Crippen LogP contribution < -0.4 is 4.74 Å². The molecule has 3 aromatic rings. The molecule has 2 heterocycles. The molecule has 2 N–H and O–H groups in total. The van der Waals surface area contributed by atoms with Crippen molar-refractivity contribution in [3.8, 4) is 11.6 Å². The van der Waals surface area contributed by atoms with Crippen LogP contribution in [0.4, 0.5) is 5.69 Å². The Kier molecular flexibility index (Phi) is 5.39. The van der Waals surface area contributed by atoms with E-state index in [0.29, 0.717) is 12.2 Å². The second kappa shape index (κ2) is 8.27. The number of H-pyrrole nitrogens is 1. The topological polar surface area (TPSA) is 60.9 Å². The lowest BCUT2D eigenvalue weighted by atomic mass is 10.1. The molecule has 0 aliphatic carbocycles. The Morgan fingerprint density at radius 1 is 1.04 bits per heavy atom. The lowest BCUT2D eigenvalue weighted by Gasteiger charge is -2.26. The number of nitrogens with one attached hydrogen (secondary N) is 1. The third-order valence-electron chi connectivity index (χ3n) is 5.03. The van der Waals surface area contributed by atoms with E-state index in [9.17, 15) is 5.11 Å². The van der Waals surface area contributed by atoms with Gasteiger partial charge in [-0.3, -0.25) is 9.89 Å². The van der Waals surface area contributed by atoms with Crippen LogP contribution in [0.3, 0.4) is 0 Å². The summed E-state index contributed by atoms with van der Waals surface area (Å²) in [4.78, 5) is 9.92. The lowest BCUT2D eigenvalue weighted by Crippen LogP contribution is -2.33. The fourth-order valence-electron chi connectivity index (χ4n) is 3.52. The average molecular weight is 363 g/mol. The van der Waals surface area contributed by atoms with Crippen LogP contribution >= 0.6 is 0 Å². The Balaban J connectivity index is 1.36. The highest BCUT2D eigenvalue weighted by Gasteiger charge is 2.10. The molecule has 0 spiro atoms. The molecule has 4 rings (SSSR count). The maximum Gasteiger partial charge on any atom is 0.198 e. The lowest BCUT2D eigenvalue weighted by molar-refractivity contribution is 0.183. The van der Waals surface area contributed by atoms with Crippen molar-refractivity contribution in [3.05, 3.63) is 54.1 Å². The number of nitrogens with zero attached hydrogens (tertiary/aromatic N) is 2. The first-order valence-electron chi connectivity index (χ1n) is 9.58. The smallest absolute Gasteiger partial charge is 0.198 e. The summed E-state index contributed by atoms with van der Waals surface area (Å²) in [7, 11) is 0. The normalized spacial score (nSPS) is 15.6. The number of para-hydroxylation sites is 1. The van der Waals surface area contributed by atoms with Crippen LogP contribution in [0.15, 0.2) is 53.5 Å². The van der Waals surface area contributed by atoms with Gasteiger partial charge in [-0.2, -0.15) is 0 Å². The van der Waals surface area contributed by atoms with E-state index in [2.05, 4.69) is 14.9 Å². The average Bonchev–Trinajstić information content (AvgIpc) is 3.03. The van der Waals surface area contributed by atoms with Crippen molar-refractivity contribution in [2.75, 3.05) is 26.2 Å². The van der Waals surface area contributed by atoms with Gasteiger partial charge in [0.2, 0.25) is 0 Å². The molecule has 1 aromatic heterocycles. The van der Waals surface area contributed by atoms with Crippen molar-refractivity contribution in [2.24, 2.45) is 4.99 Å². The minimum Gasteiger partial charge on any atom is -0.494 e. The molecule has 1 fully saturated rings. The first-order chi connectivity index (χ1) is 13.3. The van der Waals surface area contributed by atoms with E-state index in [-0.39, 0.29) is 5.88 Å². The summed E-state index contributed by atoms with van der Waals surface area (Å²) < 4.78 is 5.85. The van der Waals surface area contributed by atoms with E-state index >= 15 is 0 Å². The maximum absolute atomic E-state index is 10.1. The predicted octanol–water partition coefficient (Wildman–Crippen LogP) is 4.49. The van der Waals surface area contributed by atoms with Crippen molar-refractivity contribution >= 4 is 22.8 Å². The monoisotopic (exact) mass is 363 g/mol. The number of aromatic nitrogens is 1. The summed E-state index contributed by atoms with van der Waals surface area (Å²) >= 11 is 0. The fraction of sp³-hybridized carbons (Fsp3) is 0.318. The van der Waals surface area contributed by atoms with Gasteiger partial charge < -0.3 is 14.8 Å². The first-order valence-corrected chi connectivity index (χ1v) is 9.58. The van der Waals surface area contributed by atoms with Crippen molar-refractivity contribution < 1.29 is 9.84 Å². The van der Waals surface area contributed by atoms with Gasteiger partial charge in [0, 0.05) is 23.7 Å². The van der Waals surface area contributed by atoms with Crippen molar-refractivity contribution in [1.82, 2.24) is 9.88 Å². The molecule has 1 aliphatic rings. The highest BCUT2D eigenvalue weighted by molar-refractivity contribution is 6.02. The minimum atomic E-state index is 0.137. The van der Waals surface area contributed by atoms with Gasteiger partial charge in [-0.15, -0.1) is 0 Å². The van der Waals surface area contributed by atoms with Crippen molar-refractivity contribution in [1.29, 1.82) is 0 Å². The van der Waals surface area contributed by atoms with Gasteiger partial charge >= 0.3 is 0 Å². The minimum absolute atomic E-state index is 0.137. The second-order valence-corrected chi connectivity index (χ2v) is 6.94. The Labute approximate surface area is 159 Å². The van der Waals surface area contributed by atoms with Crippen LogP contribution in [0.2, 0.25) is 0 Å². The summed E-state index contributed by atoms with van der Waals surface area (Å²) in [5.41, 5.74) is 2.42. The molecule has 0 radical (unpaired) electrons. The van der Waals surface area contributed by atoms with Crippen LogP contribution in [0, 0.1) is 0 Å². The molecule has 5 nitrogen and oxygen atoms in total. The van der Waals surface area contributed by atoms with Gasteiger partial charge in [-0.25, -0.2) is 0 Å². The van der Waals surface area contributed by atoms with Gasteiger partial charge in [0.1, 0.15) is 12.4 Å². The number of rotatable bonds is 6. The summed E-state index contributed by atoms with van der Waals surface area (Å²) in [6, 6.07) is 15.5. The van der Waals surface area contributed by atoms with Crippen molar-refractivity contribution in [2.45, 2.75) is 19.3 Å². The first kappa shape index (κ1) is 17.6. The summed E-state index contributed by atoms with van der Waals surface area (Å²) in [5, 5.41) is 11.0. The molecule has 5 heteroatoms. The molecule has 0 bridgehead atoms. The maximum atomic E-state index is 10.1. The standard InChI is InChI=1S/C22H25N3O2/c26-22-20(19-6-2-3-7-21(19)24-22)16-23-17-8-10-18(11-9-17)27-15-14-25-12-4-1-5-13-25/h2-3,6-11,16,24,26H,1,4-5,12-15H2. The second-order valence-electron chi connectivity index (χ2n) is 6.94. The molecule has 0 saturated carbocycles. The zero-order chi connectivity index (χ0) is 18.5. The van der Waals surface area contributed by atoms with Gasteiger partial charge in [0.15, 0.2) is 5.88 Å². The highest BCUT2D eigenvalue weighted by Crippen LogP contribution is 2.26. The number of likely N-dealkylation sites (tertiary alicyclic amines) is 1. The molecule has 0 unspecified atom stereocenters. The molecule has 1 saturated heterocycles. The number of aromatic hydroxyl groups is 1. The number of fused-ring (bicyclic) bond motifs is 1. The van der Waals surface area contributed by atoms with E-state index in [1.165, 1.54) is 32.4 Å². The molecular formula is C22H25N3O2. The number of piperidine rings is 1. The van der Waals surface area contributed by atoms with E-state index in [1.807, 2.05) is 48.5 Å². The van der Waals surface area contributed by atoms with Crippen molar-refractivity contribution in [3.63, 3.8) is 0 Å². The zero-order valence-electron chi connectivity index (χ0n) is 15.4. The molecule has 2 aromatic carbocycles. The Bertz CT molecular complexity index is 909. The summed E-state index contributed by atoms with van der Waals surface area (Å²) in [6.45, 7) is 4.08.